The Hall–Kier alpha value is -4.62. The van der Waals surface area contributed by atoms with Gasteiger partial charge in [0.1, 0.15) is 30.5 Å². The van der Waals surface area contributed by atoms with Gasteiger partial charge < -0.3 is 33.7 Å². The van der Waals surface area contributed by atoms with Gasteiger partial charge in [-0.2, -0.15) is 8.42 Å². The Morgan fingerprint density at radius 2 is 1.62 bits per heavy atom. The number of hydrogen-bond donors (Lipinski definition) is 1. The Bertz CT molecular complexity index is 1850. The first-order valence-electron chi connectivity index (χ1n) is 17.3. The molecule has 0 saturated carbocycles. The standard InChI is InChI=1S/C40H47NO10S/c1-29-9-17-35(18-10-29)52(44,45)51-24-23-49-38-25-31(12-11-30(38)2)27-50-39-26-41(40(42)43)20-19-36(39)32-13-15-34(16-14-32)48-22-6-21-47-28-33-7-4-5-8-37(33)46-3/h4-5,7-18,25,36,39H,6,19-24,26-28H2,1-3H3,(H,42,43). The molecule has 2 unspecified atom stereocenters. The van der Waals surface area contributed by atoms with Gasteiger partial charge >= 0.3 is 6.09 Å². The second kappa shape index (κ2) is 18.7. The Kier molecular flexibility index (Phi) is 13.9. The zero-order valence-electron chi connectivity index (χ0n) is 29.9. The first kappa shape index (κ1) is 38.6. The molecule has 0 radical (unpaired) electrons. The van der Waals surface area contributed by atoms with Crippen molar-refractivity contribution in [2.24, 2.45) is 0 Å². The van der Waals surface area contributed by atoms with E-state index in [-0.39, 0.29) is 43.3 Å². The molecule has 1 aliphatic heterocycles. The van der Waals surface area contributed by atoms with Crippen LogP contribution in [0.4, 0.5) is 4.79 Å². The van der Waals surface area contributed by atoms with E-state index in [1.165, 1.54) is 17.0 Å². The lowest BCUT2D eigenvalue weighted by molar-refractivity contribution is -0.0200. The molecule has 5 rings (SSSR count). The zero-order chi connectivity index (χ0) is 36.9. The number of likely N-dealkylation sites (tertiary alicyclic amines) is 1. The van der Waals surface area contributed by atoms with Crippen LogP contribution < -0.4 is 14.2 Å². The number of carboxylic acid groups (broad SMARTS) is 1. The summed E-state index contributed by atoms with van der Waals surface area (Å²) in [7, 11) is -2.24. The Balaban J connectivity index is 1.11. The molecule has 0 aromatic heterocycles. The van der Waals surface area contributed by atoms with Crippen molar-refractivity contribution in [2.75, 3.05) is 46.6 Å². The maximum Gasteiger partial charge on any atom is 0.407 e. The van der Waals surface area contributed by atoms with E-state index in [0.29, 0.717) is 38.5 Å². The Morgan fingerprint density at radius 1 is 0.846 bits per heavy atom. The van der Waals surface area contributed by atoms with Crippen molar-refractivity contribution in [1.82, 2.24) is 4.90 Å². The first-order chi connectivity index (χ1) is 25.1. The van der Waals surface area contributed by atoms with Gasteiger partial charge in [-0.15, -0.1) is 0 Å². The molecule has 12 heteroatoms. The summed E-state index contributed by atoms with van der Waals surface area (Å²) >= 11 is 0. The van der Waals surface area contributed by atoms with Crippen molar-refractivity contribution in [2.45, 2.75) is 56.8 Å². The van der Waals surface area contributed by atoms with Crippen molar-refractivity contribution in [3.8, 4) is 17.2 Å². The van der Waals surface area contributed by atoms with Gasteiger partial charge in [-0.1, -0.05) is 60.2 Å². The molecular weight excluding hydrogens is 687 g/mol. The zero-order valence-corrected chi connectivity index (χ0v) is 30.7. The van der Waals surface area contributed by atoms with Crippen LogP contribution in [0.25, 0.3) is 0 Å². The van der Waals surface area contributed by atoms with Crippen molar-refractivity contribution >= 4 is 16.2 Å². The minimum Gasteiger partial charge on any atom is -0.496 e. The number of carbonyl (C=O) groups is 1. The van der Waals surface area contributed by atoms with E-state index in [1.807, 2.05) is 80.6 Å². The number of piperidine rings is 1. The lowest BCUT2D eigenvalue weighted by atomic mass is 9.87. The van der Waals surface area contributed by atoms with Crippen molar-refractivity contribution in [1.29, 1.82) is 0 Å². The Labute approximate surface area is 306 Å². The van der Waals surface area contributed by atoms with Gasteiger partial charge in [0, 0.05) is 24.4 Å². The number of nitrogens with zero attached hydrogens (tertiary/aromatic N) is 1. The largest absolute Gasteiger partial charge is 0.496 e. The van der Waals surface area contributed by atoms with E-state index in [0.717, 1.165) is 45.7 Å². The summed E-state index contributed by atoms with van der Waals surface area (Å²) in [6.45, 7) is 6.11. The normalized spacial score (nSPS) is 16.0. The molecule has 2 atom stereocenters. The fourth-order valence-electron chi connectivity index (χ4n) is 5.97. The van der Waals surface area contributed by atoms with Gasteiger partial charge in [-0.05, 0) is 73.4 Å². The third-order valence-corrected chi connectivity index (χ3v) is 10.2. The fraction of sp³-hybridized carbons (Fsp3) is 0.375. The van der Waals surface area contributed by atoms with Gasteiger partial charge in [0.05, 0.1) is 51.1 Å². The second-order valence-electron chi connectivity index (χ2n) is 12.6. The van der Waals surface area contributed by atoms with Crippen LogP contribution in [-0.2, 0) is 37.0 Å². The second-order valence-corrected chi connectivity index (χ2v) is 14.3. The Morgan fingerprint density at radius 3 is 2.37 bits per heavy atom. The predicted octanol–water partition coefficient (Wildman–Crippen LogP) is 7.13. The molecule has 1 fully saturated rings. The number of para-hydroxylation sites is 1. The average molecular weight is 734 g/mol. The molecule has 1 amide bonds. The molecule has 278 valence electrons. The van der Waals surface area contributed by atoms with Crippen molar-refractivity contribution in [3.05, 3.63) is 119 Å². The fourth-order valence-corrected chi connectivity index (χ4v) is 6.86. The van der Waals surface area contributed by atoms with E-state index in [1.54, 1.807) is 19.2 Å². The molecule has 1 N–H and O–H groups in total. The average Bonchev–Trinajstić information content (AvgIpc) is 3.15. The number of benzene rings is 4. The van der Waals surface area contributed by atoms with Crippen LogP contribution in [0.3, 0.4) is 0 Å². The first-order valence-corrected chi connectivity index (χ1v) is 18.7. The van der Waals surface area contributed by atoms with E-state index >= 15 is 0 Å². The number of aryl methyl sites for hydroxylation is 2. The van der Waals surface area contributed by atoms with Crippen LogP contribution >= 0.6 is 0 Å². The summed E-state index contributed by atoms with van der Waals surface area (Å²) < 4.78 is 59.6. The summed E-state index contributed by atoms with van der Waals surface area (Å²) in [5.41, 5.74) is 4.73. The lowest BCUT2D eigenvalue weighted by Gasteiger charge is -2.37. The van der Waals surface area contributed by atoms with Crippen LogP contribution in [0.1, 0.15) is 46.6 Å². The molecular formula is C40H47NO10S. The van der Waals surface area contributed by atoms with Crippen LogP contribution in [-0.4, -0.2) is 77.2 Å². The highest BCUT2D eigenvalue weighted by molar-refractivity contribution is 7.86. The number of rotatable bonds is 18. The third kappa shape index (κ3) is 10.9. The van der Waals surface area contributed by atoms with Gasteiger partial charge in [0.2, 0.25) is 0 Å². The van der Waals surface area contributed by atoms with E-state index in [2.05, 4.69) is 0 Å². The summed E-state index contributed by atoms with van der Waals surface area (Å²) in [5, 5.41) is 9.72. The molecule has 0 bridgehead atoms. The monoisotopic (exact) mass is 733 g/mol. The van der Waals surface area contributed by atoms with Crippen LogP contribution in [0.15, 0.2) is 95.9 Å². The van der Waals surface area contributed by atoms with Crippen molar-refractivity contribution < 1.29 is 46.2 Å². The third-order valence-electron chi connectivity index (χ3n) is 8.90. The molecule has 1 saturated heterocycles. The van der Waals surface area contributed by atoms with Crippen LogP contribution in [0.5, 0.6) is 17.2 Å². The number of ether oxygens (including phenoxy) is 5. The summed E-state index contributed by atoms with van der Waals surface area (Å²) in [6.07, 6.45) is 0.00749. The summed E-state index contributed by atoms with van der Waals surface area (Å²) in [6, 6.07) is 27.9. The number of methoxy groups -OCH3 is 1. The molecule has 4 aromatic carbocycles. The van der Waals surface area contributed by atoms with Crippen molar-refractivity contribution in [3.63, 3.8) is 0 Å². The SMILES string of the molecule is COc1ccccc1COCCCOc1ccc(C2CCN(C(=O)O)CC2OCc2ccc(C)c(OCCOS(=O)(=O)c3ccc(C)cc3)c2)cc1. The highest BCUT2D eigenvalue weighted by atomic mass is 32.2. The molecule has 1 heterocycles. The van der Waals surface area contributed by atoms with Gasteiger partial charge in [0.15, 0.2) is 0 Å². The van der Waals surface area contributed by atoms with Crippen LogP contribution in [0, 0.1) is 13.8 Å². The predicted molar refractivity (Wildman–Crippen MR) is 196 cm³/mol. The molecule has 11 nitrogen and oxygen atoms in total. The highest BCUT2D eigenvalue weighted by Gasteiger charge is 2.33. The maximum atomic E-state index is 12.5. The molecule has 4 aromatic rings. The van der Waals surface area contributed by atoms with E-state index in [4.69, 9.17) is 27.9 Å². The molecule has 0 spiro atoms. The van der Waals surface area contributed by atoms with E-state index < -0.39 is 16.2 Å². The summed E-state index contributed by atoms with van der Waals surface area (Å²) in [5.74, 6) is 2.13. The quantitative estimate of drug-likeness (QED) is 0.0833. The molecule has 1 aliphatic rings. The number of hydrogen-bond acceptors (Lipinski definition) is 9. The summed E-state index contributed by atoms with van der Waals surface area (Å²) in [4.78, 5) is 13.4. The molecule has 52 heavy (non-hydrogen) atoms. The van der Waals surface area contributed by atoms with Gasteiger partial charge in [-0.3, -0.25) is 4.18 Å². The van der Waals surface area contributed by atoms with Crippen LogP contribution in [0.2, 0.25) is 0 Å². The minimum atomic E-state index is -3.89. The highest BCUT2D eigenvalue weighted by Crippen LogP contribution is 2.33. The molecule has 0 aliphatic carbocycles. The van der Waals surface area contributed by atoms with Gasteiger partial charge in [0.25, 0.3) is 10.1 Å². The number of amides is 1. The van der Waals surface area contributed by atoms with Gasteiger partial charge in [-0.25, -0.2) is 4.79 Å². The smallest absolute Gasteiger partial charge is 0.407 e. The maximum absolute atomic E-state index is 12.5. The van der Waals surface area contributed by atoms with E-state index in [9.17, 15) is 18.3 Å². The minimum absolute atomic E-state index is 0.0122. The topological polar surface area (TPSA) is 130 Å². The lowest BCUT2D eigenvalue weighted by Crippen LogP contribution is -2.46.